The zero-order chi connectivity index (χ0) is 20.7. The smallest absolute Gasteiger partial charge is 0.407 e. The predicted octanol–water partition coefficient (Wildman–Crippen LogP) is 3.75. The Kier molecular flexibility index (Phi) is 7.25. The fourth-order valence-corrected chi connectivity index (χ4v) is 2.62. The number of azo groups is 1. The van der Waals surface area contributed by atoms with E-state index in [0.717, 1.165) is 24.3 Å². The average molecular weight is 389 g/mol. The number of carbonyl (C=O) groups excluding carboxylic acids is 1. The lowest BCUT2D eigenvalue weighted by Crippen LogP contribution is -2.37. The first-order valence-corrected chi connectivity index (χ1v) is 9.47. The van der Waals surface area contributed by atoms with Crippen LogP contribution in [-0.4, -0.2) is 62.0 Å². The highest BCUT2D eigenvalue weighted by Gasteiger charge is 2.23. The van der Waals surface area contributed by atoms with Crippen LogP contribution in [0.5, 0.6) is 0 Å². The Bertz CT molecular complexity index is 694. The van der Waals surface area contributed by atoms with Gasteiger partial charge in [0, 0.05) is 52.3 Å². The lowest BCUT2D eigenvalue weighted by atomic mass is 10.2. The van der Waals surface area contributed by atoms with Gasteiger partial charge in [0.1, 0.15) is 5.60 Å². The third kappa shape index (κ3) is 6.75. The maximum atomic E-state index is 11.7. The summed E-state index contributed by atoms with van der Waals surface area (Å²) in [5.41, 5.74) is 1.45. The molecular weight excluding hydrogens is 356 g/mol. The molecule has 1 aliphatic rings. The van der Waals surface area contributed by atoms with Crippen LogP contribution in [0.25, 0.3) is 0 Å². The molecule has 1 amide bonds. The second kappa shape index (κ2) is 9.43. The van der Waals surface area contributed by atoms with Crippen LogP contribution in [0.2, 0.25) is 0 Å². The Morgan fingerprint density at radius 3 is 2.50 bits per heavy atom. The predicted molar refractivity (Wildman–Crippen MR) is 112 cm³/mol. The number of ether oxygens (including phenoxy) is 1. The van der Waals surface area contributed by atoms with Gasteiger partial charge in [-0.15, -0.1) is 5.11 Å². The minimum atomic E-state index is -0.485. The molecule has 1 aromatic carbocycles. The minimum Gasteiger partial charge on any atom is -0.444 e. The Balaban J connectivity index is 1.82. The number of anilines is 1. The second-order valence-electron chi connectivity index (χ2n) is 7.96. The molecule has 28 heavy (non-hydrogen) atoms. The van der Waals surface area contributed by atoms with Crippen molar-refractivity contribution in [2.45, 2.75) is 39.1 Å². The van der Waals surface area contributed by atoms with Crippen molar-refractivity contribution in [2.24, 2.45) is 10.2 Å². The largest absolute Gasteiger partial charge is 0.444 e. The van der Waals surface area contributed by atoms with Gasteiger partial charge in [-0.05, 0) is 51.5 Å². The van der Waals surface area contributed by atoms with E-state index in [1.807, 2.05) is 88.4 Å². The van der Waals surface area contributed by atoms with E-state index in [4.69, 9.17) is 4.74 Å². The number of alkyl carbamates (subject to hydrolysis) is 1. The zero-order valence-corrected chi connectivity index (χ0v) is 17.7. The summed E-state index contributed by atoms with van der Waals surface area (Å²) in [6.07, 6.45) is 4.17. The number of hydrogen-bond acceptors (Lipinski definition) is 7. The number of nitrogens with one attached hydrogen (secondary N) is 1. The van der Waals surface area contributed by atoms with E-state index in [1.165, 1.54) is 0 Å². The Labute approximate surface area is 167 Å². The number of benzene rings is 1. The van der Waals surface area contributed by atoms with Crippen LogP contribution in [0, 0.1) is 0 Å². The van der Waals surface area contributed by atoms with Crippen LogP contribution in [0.4, 0.5) is 16.2 Å². The van der Waals surface area contributed by atoms with Crippen LogP contribution >= 0.6 is 0 Å². The summed E-state index contributed by atoms with van der Waals surface area (Å²) < 4.78 is 5.24. The normalized spacial score (nSPS) is 16.7. The van der Waals surface area contributed by atoms with Crippen molar-refractivity contribution < 1.29 is 9.53 Å². The van der Waals surface area contributed by atoms with Crippen LogP contribution in [-0.2, 0) is 4.74 Å². The standard InChI is InChI=1S/C20H32N6O2/c1-20(2,3)28-19(27)21-12-7-13-26-15-14-25(6)18(26)23-22-16-8-10-17(11-9-16)24(4)5/h8-11,14-15,18H,7,12-13H2,1-6H3,(H,21,27). The molecule has 1 heterocycles. The molecule has 0 aliphatic carbocycles. The number of rotatable bonds is 7. The Morgan fingerprint density at radius 2 is 1.89 bits per heavy atom. The third-order valence-corrected chi connectivity index (χ3v) is 4.06. The monoisotopic (exact) mass is 388 g/mol. The molecular formula is C20H32N6O2. The van der Waals surface area contributed by atoms with Crippen LogP contribution < -0.4 is 10.2 Å². The van der Waals surface area contributed by atoms with Crippen molar-refractivity contribution >= 4 is 17.5 Å². The number of carbonyl (C=O) groups is 1. The zero-order valence-electron chi connectivity index (χ0n) is 17.7. The van der Waals surface area contributed by atoms with Crippen molar-refractivity contribution in [1.29, 1.82) is 0 Å². The molecule has 1 aliphatic heterocycles. The number of amides is 1. The molecule has 0 saturated carbocycles. The summed E-state index contributed by atoms with van der Waals surface area (Å²) in [7, 11) is 5.98. The van der Waals surface area contributed by atoms with Gasteiger partial charge in [-0.25, -0.2) is 4.79 Å². The van der Waals surface area contributed by atoms with Gasteiger partial charge in [0.2, 0.25) is 6.29 Å². The highest BCUT2D eigenvalue weighted by atomic mass is 16.6. The minimum absolute atomic E-state index is 0.185. The fourth-order valence-electron chi connectivity index (χ4n) is 2.62. The van der Waals surface area contributed by atoms with Crippen molar-refractivity contribution in [3.8, 4) is 0 Å². The third-order valence-electron chi connectivity index (χ3n) is 4.06. The maximum Gasteiger partial charge on any atom is 0.407 e. The van der Waals surface area contributed by atoms with Gasteiger partial charge in [0.25, 0.3) is 0 Å². The van der Waals surface area contributed by atoms with Gasteiger partial charge in [-0.3, -0.25) is 0 Å². The summed E-state index contributed by atoms with van der Waals surface area (Å²) in [4.78, 5) is 17.8. The molecule has 1 unspecified atom stereocenters. The molecule has 0 saturated heterocycles. The van der Waals surface area contributed by atoms with Crippen molar-refractivity contribution in [3.05, 3.63) is 36.7 Å². The molecule has 0 spiro atoms. The van der Waals surface area contributed by atoms with Crippen LogP contribution in [0.1, 0.15) is 27.2 Å². The lowest BCUT2D eigenvalue weighted by Gasteiger charge is -2.26. The van der Waals surface area contributed by atoms with E-state index in [-0.39, 0.29) is 12.4 Å². The van der Waals surface area contributed by atoms with E-state index >= 15 is 0 Å². The lowest BCUT2D eigenvalue weighted by molar-refractivity contribution is 0.0525. The summed E-state index contributed by atoms with van der Waals surface area (Å²) in [6, 6.07) is 7.95. The molecule has 8 heteroatoms. The SMILES string of the molecule is CN(C)c1ccc(N=NC2N(C)C=CN2CCCNC(=O)OC(C)(C)C)cc1. The molecule has 0 fully saturated rings. The molecule has 0 aromatic heterocycles. The van der Waals surface area contributed by atoms with E-state index in [9.17, 15) is 4.79 Å². The molecule has 2 rings (SSSR count). The van der Waals surface area contributed by atoms with Gasteiger partial charge in [-0.1, -0.05) is 0 Å². The van der Waals surface area contributed by atoms with Gasteiger partial charge in [0.15, 0.2) is 0 Å². The molecule has 1 atom stereocenters. The van der Waals surface area contributed by atoms with Gasteiger partial charge in [-0.2, -0.15) is 5.11 Å². The Hall–Kier alpha value is -2.77. The van der Waals surface area contributed by atoms with E-state index in [2.05, 4.69) is 20.4 Å². The maximum absolute atomic E-state index is 11.7. The van der Waals surface area contributed by atoms with Crippen LogP contribution in [0.15, 0.2) is 46.9 Å². The van der Waals surface area contributed by atoms with E-state index < -0.39 is 5.60 Å². The topological polar surface area (TPSA) is 72.8 Å². The highest BCUT2D eigenvalue weighted by molar-refractivity contribution is 5.67. The van der Waals surface area contributed by atoms with Crippen molar-refractivity contribution in [3.63, 3.8) is 0 Å². The summed E-state index contributed by atoms with van der Waals surface area (Å²) in [5, 5.41) is 11.6. The number of hydrogen-bond donors (Lipinski definition) is 1. The highest BCUT2D eigenvalue weighted by Crippen LogP contribution is 2.21. The summed E-state index contributed by atoms with van der Waals surface area (Å²) >= 11 is 0. The second-order valence-corrected chi connectivity index (χ2v) is 7.96. The van der Waals surface area contributed by atoms with Crippen molar-refractivity contribution in [2.75, 3.05) is 39.1 Å². The summed E-state index contributed by atoms with van der Waals surface area (Å²) in [6.45, 7) is 6.84. The molecule has 1 N–H and O–H groups in total. The Morgan fingerprint density at radius 1 is 1.21 bits per heavy atom. The molecule has 154 valence electrons. The van der Waals surface area contributed by atoms with Gasteiger partial charge in [0.05, 0.1) is 5.69 Å². The van der Waals surface area contributed by atoms with Crippen molar-refractivity contribution in [1.82, 2.24) is 15.1 Å². The summed E-state index contributed by atoms with van der Waals surface area (Å²) in [5.74, 6) is 0. The molecule has 8 nitrogen and oxygen atoms in total. The first-order valence-electron chi connectivity index (χ1n) is 9.47. The molecule has 0 radical (unpaired) electrons. The van der Waals surface area contributed by atoms with Gasteiger partial charge < -0.3 is 24.8 Å². The van der Waals surface area contributed by atoms with E-state index in [0.29, 0.717) is 6.54 Å². The first kappa shape index (κ1) is 21.5. The first-order chi connectivity index (χ1) is 13.2. The average Bonchev–Trinajstić information content (AvgIpc) is 2.95. The van der Waals surface area contributed by atoms with Gasteiger partial charge >= 0.3 is 6.09 Å². The van der Waals surface area contributed by atoms with Crippen LogP contribution in [0.3, 0.4) is 0 Å². The molecule has 1 aromatic rings. The quantitative estimate of drug-likeness (QED) is 0.569. The molecule has 0 bridgehead atoms. The van der Waals surface area contributed by atoms with E-state index in [1.54, 1.807) is 0 Å². The fraction of sp³-hybridized carbons (Fsp3) is 0.550. The number of nitrogens with zero attached hydrogens (tertiary/aromatic N) is 5.